The molecule has 0 aromatic carbocycles. The Morgan fingerprint density at radius 1 is 1.26 bits per heavy atom. The molecule has 1 saturated heterocycles. The summed E-state index contributed by atoms with van der Waals surface area (Å²) in [7, 11) is 0. The minimum atomic E-state index is 0.417. The molecule has 0 aromatic rings. The van der Waals surface area contributed by atoms with Crippen LogP contribution in [-0.2, 0) is 0 Å². The van der Waals surface area contributed by atoms with Crippen molar-refractivity contribution in [2.45, 2.75) is 73.4 Å². The fourth-order valence-corrected chi connectivity index (χ4v) is 2.94. The third-order valence-electron chi connectivity index (χ3n) is 5.34. The van der Waals surface area contributed by atoms with Crippen molar-refractivity contribution in [1.82, 2.24) is 10.2 Å². The highest BCUT2D eigenvalue weighted by Crippen LogP contribution is 2.30. The average molecular weight is 268 g/mol. The van der Waals surface area contributed by atoms with Gasteiger partial charge in [0.25, 0.3) is 0 Å². The molecule has 0 saturated carbocycles. The van der Waals surface area contributed by atoms with E-state index in [9.17, 15) is 0 Å². The van der Waals surface area contributed by atoms with Gasteiger partial charge in [0.2, 0.25) is 0 Å². The lowest BCUT2D eigenvalue weighted by molar-refractivity contribution is 0.0533. The second-order valence-electron chi connectivity index (χ2n) is 7.71. The summed E-state index contributed by atoms with van der Waals surface area (Å²) in [6.45, 7) is 20.2. The molecule has 1 aliphatic heterocycles. The molecule has 0 amide bonds. The van der Waals surface area contributed by atoms with Gasteiger partial charge in [-0.2, -0.15) is 0 Å². The number of hydrogen-bond donors (Lipinski definition) is 1. The number of hydrogen-bond acceptors (Lipinski definition) is 2. The number of rotatable bonds is 5. The van der Waals surface area contributed by atoms with Crippen LogP contribution in [-0.4, -0.2) is 36.6 Å². The molecule has 1 fully saturated rings. The van der Waals surface area contributed by atoms with Gasteiger partial charge in [-0.3, -0.25) is 4.90 Å². The first-order valence-electron chi connectivity index (χ1n) is 8.24. The van der Waals surface area contributed by atoms with Gasteiger partial charge in [-0.25, -0.2) is 0 Å². The first-order chi connectivity index (χ1) is 8.77. The summed E-state index contributed by atoms with van der Waals surface area (Å²) in [5, 5.41) is 3.73. The molecule has 0 radical (unpaired) electrons. The second kappa shape index (κ2) is 7.08. The minimum absolute atomic E-state index is 0.417. The van der Waals surface area contributed by atoms with Gasteiger partial charge in [0.1, 0.15) is 0 Å². The smallest absolute Gasteiger partial charge is 0.0120 e. The number of nitrogens with one attached hydrogen (secondary N) is 1. The van der Waals surface area contributed by atoms with Crippen molar-refractivity contribution in [3.8, 4) is 0 Å². The van der Waals surface area contributed by atoms with Gasteiger partial charge >= 0.3 is 0 Å². The van der Waals surface area contributed by atoms with Gasteiger partial charge < -0.3 is 5.32 Å². The predicted octanol–water partition coefficient (Wildman–Crippen LogP) is 3.77. The fourth-order valence-electron chi connectivity index (χ4n) is 2.94. The van der Waals surface area contributed by atoms with Crippen LogP contribution in [0, 0.1) is 17.3 Å². The lowest BCUT2D eigenvalue weighted by Crippen LogP contribution is -2.54. The average Bonchev–Trinajstić information content (AvgIpc) is 2.33. The number of nitrogens with zero attached hydrogens (tertiary/aromatic N) is 1. The van der Waals surface area contributed by atoms with Crippen molar-refractivity contribution in [2.24, 2.45) is 17.3 Å². The largest absolute Gasteiger partial charge is 0.314 e. The molecule has 0 spiro atoms. The van der Waals surface area contributed by atoms with E-state index in [4.69, 9.17) is 0 Å². The Hall–Kier alpha value is -0.0800. The van der Waals surface area contributed by atoms with E-state index in [2.05, 4.69) is 58.7 Å². The van der Waals surface area contributed by atoms with Gasteiger partial charge in [0.15, 0.2) is 0 Å². The molecule has 1 rings (SSSR count). The van der Waals surface area contributed by atoms with E-state index < -0.39 is 0 Å². The molecule has 2 nitrogen and oxygen atoms in total. The van der Waals surface area contributed by atoms with Crippen LogP contribution in [0.3, 0.4) is 0 Å². The number of likely N-dealkylation sites (tertiary alicyclic amines) is 1. The molecule has 114 valence electrons. The van der Waals surface area contributed by atoms with Crippen molar-refractivity contribution in [3.63, 3.8) is 0 Å². The fraction of sp³-hybridized carbons (Fsp3) is 1.00. The molecule has 1 N–H and O–H groups in total. The van der Waals surface area contributed by atoms with E-state index in [1.165, 1.54) is 32.5 Å². The monoisotopic (exact) mass is 268 g/mol. The summed E-state index contributed by atoms with van der Waals surface area (Å²) in [6.07, 6.45) is 2.55. The summed E-state index contributed by atoms with van der Waals surface area (Å²) in [5.74, 6) is 1.51. The topological polar surface area (TPSA) is 15.3 Å². The van der Waals surface area contributed by atoms with E-state index in [0.717, 1.165) is 17.9 Å². The van der Waals surface area contributed by atoms with Crippen LogP contribution in [0.25, 0.3) is 0 Å². The number of piperidine rings is 1. The van der Waals surface area contributed by atoms with Gasteiger partial charge in [-0.05, 0) is 50.1 Å². The molecule has 0 aliphatic carbocycles. The maximum atomic E-state index is 3.73. The molecule has 2 heteroatoms. The van der Waals surface area contributed by atoms with Gasteiger partial charge in [-0.1, -0.05) is 41.5 Å². The van der Waals surface area contributed by atoms with Crippen LogP contribution >= 0.6 is 0 Å². The summed E-state index contributed by atoms with van der Waals surface area (Å²) in [6, 6.07) is 1.42. The summed E-state index contributed by atoms with van der Waals surface area (Å²) in [5.41, 5.74) is 0.417. The highest BCUT2D eigenvalue weighted by molar-refractivity contribution is 4.90. The molecule has 4 atom stereocenters. The van der Waals surface area contributed by atoms with Crippen molar-refractivity contribution in [3.05, 3.63) is 0 Å². The zero-order valence-corrected chi connectivity index (χ0v) is 14.3. The Balaban J connectivity index is 2.52. The molecular weight excluding hydrogens is 232 g/mol. The van der Waals surface area contributed by atoms with Crippen molar-refractivity contribution < 1.29 is 0 Å². The molecular formula is C17H36N2. The molecule has 4 unspecified atom stereocenters. The molecule has 1 heterocycles. The van der Waals surface area contributed by atoms with Crippen LogP contribution in [0.4, 0.5) is 0 Å². The van der Waals surface area contributed by atoms with Crippen molar-refractivity contribution in [2.75, 3.05) is 19.6 Å². The summed E-state index contributed by atoms with van der Waals surface area (Å²) >= 11 is 0. The lowest BCUT2D eigenvalue weighted by atomic mass is 9.80. The molecule has 0 bridgehead atoms. The first kappa shape index (κ1) is 17.0. The minimum Gasteiger partial charge on any atom is -0.314 e. The zero-order chi connectivity index (χ0) is 14.6. The Bertz CT molecular complexity index is 256. The predicted molar refractivity (Wildman–Crippen MR) is 85.5 cm³/mol. The van der Waals surface area contributed by atoms with Crippen LogP contribution in [0.2, 0.25) is 0 Å². The van der Waals surface area contributed by atoms with Crippen LogP contribution < -0.4 is 5.32 Å². The maximum absolute atomic E-state index is 3.73. The van der Waals surface area contributed by atoms with Gasteiger partial charge in [0, 0.05) is 18.6 Å². The third-order valence-corrected chi connectivity index (χ3v) is 5.34. The zero-order valence-electron chi connectivity index (χ0n) is 14.3. The third kappa shape index (κ3) is 4.75. The maximum Gasteiger partial charge on any atom is 0.0120 e. The van der Waals surface area contributed by atoms with E-state index in [1.807, 2.05) is 0 Å². The van der Waals surface area contributed by atoms with Crippen LogP contribution in [0.5, 0.6) is 0 Å². The van der Waals surface area contributed by atoms with Crippen LogP contribution in [0.15, 0.2) is 0 Å². The molecule has 19 heavy (non-hydrogen) atoms. The van der Waals surface area contributed by atoms with Crippen LogP contribution in [0.1, 0.15) is 61.3 Å². The standard InChI is InChI=1S/C17H36N2/c1-8-10-18-16-9-11-19(15(4)14(16)3)12-13(2)17(5,6)7/h13-16,18H,8-12H2,1-7H3. The SMILES string of the molecule is CCCNC1CCN(CC(C)C(C)(C)C)C(C)C1C. The lowest BCUT2D eigenvalue weighted by Gasteiger charge is -2.45. The normalized spacial score (nSPS) is 31.4. The summed E-state index contributed by atoms with van der Waals surface area (Å²) < 4.78 is 0. The highest BCUT2D eigenvalue weighted by atomic mass is 15.2. The first-order valence-corrected chi connectivity index (χ1v) is 8.24. The van der Waals surface area contributed by atoms with Gasteiger partial charge in [0.05, 0.1) is 0 Å². The van der Waals surface area contributed by atoms with Crippen molar-refractivity contribution in [1.29, 1.82) is 0 Å². The summed E-state index contributed by atoms with van der Waals surface area (Å²) in [4.78, 5) is 2.71. The van der Waals surface area contributed by atoms with Crippen molar-refractivity contribution >= 4 is 0 Å². The Morgan fingerprint density at radius 3 is 2.42 bits per heavy atom. The second-order valence-corrected chi connectivity index (χ2v) is 7.71. The Labute approximate surface area is 121 Å². The van der Waals surface area contributed by atoms with Gasteiger partial charge in [-0.15, -0.1) is 0 Å². The Kier molecular flexibility index (Phi) is 6.32. The van der Waals surface area contributed by atoms with E-state index in [1.54, 1.807) is 0 Å². The van der Waals surface area contributed by atoms with E-state index in [0.29, 0.717) is 11.5 Å². The Morgan fingerprint density at radius 2 is 1.89 bits per heavy atom. The highest BCUT2D eigenvalue weighted by Gasteiger charge is 2.33. The molecule has 1 aliphatic rings. The quantitative estimate of drug-likeness (QED) is 0.816. The van der Waals surface area contributed by atoms with E-state index >= 15 is 0 Å². The molecule has 0 aromatic heterocycles. The van der Waals surface area contributed by atoms with E-state index in [-0.39, 0.29) is 0 Å².